The number of urea groups is 1. The van der Waals surface area contributed by atoms with E-state index in [-0.39, 0.29) is 60.4 Å². The van der Waals surface area contributed by atoms with Gasteiger partial charge in [0.05, 0.1) is 6.04 Å². The number of Topliss-reactive ketones (excluding diaryl/α,β-unsaturated/α-hetero) is 1. The quantitative estimate of drug-likeness (QED) is 0.188. The second-order valence-electron chi connectivity index (χ2n) is 19.5. The van der Waals surface area contributed by atoms with E-state index in [1.165, 1.54) is 4.90 Å². The van der Waals surface area contributed by atoms with Gasteiger partial charge in [-0.3, -0.25) is 33.7 Å². The molecule has 2 aliphatic heterocycles. The van der Waals surface area contributed by atoms with Gasteiger partial charge in [0.25, 0.3) is 5.91 Å². The molecule has 51 heavy (non-hydrogen) atoms. The first kappa shape index (κ1) is 38.7. The number of likely N-dealkylation sites (tertiary alicyclic amines) is 2. The highest BCUT2D eigenvalue weighted by atomic mass is 16.2. The number of imide groups is 1. The maximum absolute atomic E-state index is 14.5. The molecule has 7 amide bonds. The highest BCUT2D eigenvalue weighted by Gasteiger charge is 2.71. The van der Waals surface area contributed by atoms with Crippen LogP contribution in [0.1, 0.15) is 115 Å². The van der Waals surface area contributed by atoms with Crippen LogP contribution in [0.2, 0.25) is 0 Å². The van der Waals surface area contributed by atoms with Crippen molar-refractivity contribution >= 4 is 41.4 Å². The molecule has 3 aliphatic carbocycles. The molecule has 0 aromatic carbocycles. The fraction of sp³-hybridized carbons (Fsp3) is 0.816. The van der Waals surface area contributed by atoms with Crippen LogP contribution in [0.15, 0.2) is 0 Å². The van der Waals surface area contributed by atoms with Crippen LogP contribution < -0.4 is 21.3 Å². The average molecular weight is 713 g/mol. The molecule has 13 nitrogen and oxygen atoms in total. The van der Waals surface area contributed by atoms with Gasteiger partial charge in [0.15, 0.2) is 0 Å². The molecule has 284 valence electrons. The Morgan fingerprint density at radius 1 is 0.882 bits per heavy atom. The van der Waals surface area contributed by atoms with Crippen LogP contribution in [0.5, 0.6) is 0 Å². The molecule has 0 radical (unpaired) electrons. The van der Waals surface area contributed by atoms with Crippen LogP contribution in [0.3, 0.4) is 0 Å². The van der Waals surface area contributed by atoms with Crippen LogP contribution in [0.4, 0.5) is 4.79 Å². The van der Waals surface area contributed by atoms with Crippen LogP contribution >= 0.6 is 0 Å². The molecule has 0 bridgehead atoms. The third kappa shape index (κ3) is 7.68. The summed E-state index contributed by atoms with van der Waals surface area (Å²) in [5, 5.41) is 11.6. The smallest absolute Gasteiger partial charge is 0.315 e. The molecule has 4 N–H and O–H groups in total. The Kier molecular flexibility index (Phi) is 9.76. The Labute approximate surface area is 302 Å². The Balaban J connectivity index is 1.32. The Hall–Kier alpha value is -3.51. The van der Waals surface area contributed by atoms with Gasteiger partial charge in [-0.25, -0.2) is 4.79 Å². The monoisotopic (exact) mass is 712 g/mol. The first-order valence-electron chi connectivity index (χ1n) is 18.7. The third-order valence-electron chi connectivity index (χ3n) is 12.2. The maximum atomic E-state index is 14.5. The molecule has 2 unspecified atom stereocenters. The largest absolute Gasteiger partial charge is 0.347 e. The summed E-state index contributed by atoms with van der Waals surface area (Å²) in [7, 11) is 0. The van der Waals surface area contributed by atoms with Crippen molar-refractivity contribution in [1.29, 1.82) is 0 Å². The fourth-order valence-electron chi connectivity index (χ4n) is 8.38. The normalized spacial score (nSPS) is 30.5. The van der Waals surface area contributed by atoms with E-state index in [1.807, 2.05) is 62.3 Å². The van der Waals surface area contributed by atoms with Crippen molar-refractivity contribution in [3.63, 3.8) is 0 Å². The van der Waals surface area contributed by atoms with Crippen molar-refractivity contribution in [1.82, 2.24) is 31.1 Å². The van der Waals surface area contributed by atoms with Crippen molar-refractivity contribution in [2.45, 2.75) is 144 Å². The van der Waals surface area contributed by atoms with E-state index >= 15 is 0 Å². The molecule has 0 aromatic heterocycles. The van der Waals surface area contributed by atoms with E-state index in [0.29, 0.717) is 19.4 Å². The Morgan fingerprint density at radius 2 is 1.47 bits per heavy atom. The zero-order chi connectivity index (χ0) is 38.2. The number of rotatable bonds is 11. The average Bonchev–Trinajstić information content (AvgIpc) is 3.94. The number of carbonyl (C=O) groups excluding carboxylic acids is 7. The first-order valence-corrected chi connectivity index (χ1v) is 18.7. The van der Waals surface area contributed by atoms with Gasteiger partial charge in [-0.2, -0.15) is 0 Å². The van der Waals surface area contributed by atoms with Crippen LogP contribution in [0, 0.1) is 39.4 Å². The number of amides is 7. The van der Waals surface area contributed by atoms with Gasteiger partial charge in [-0.1, -0.05) is 82.6 Å². The van der Waals surface area contributed by atoms with Crippen LogP contribution in [-0.2, 0) is 28.8 Å². The van der Waals surface area contributed by atoms with Gasteiger partial charge in [0, 0.05) is 32.0 Å². The van der Waals surface area contributed by atoms with Gasteiger partial charge in [-0.15, -0.1) is 0 Å². The van der Waals surface area contributed by atoms with Crippen molar-refractivity contribution in [3.8, 4) is 0 Å². The lowest BCUT2D eigenvalue weighted by Crippen LogP contribution is -2.63. The van der Waals surface area contributed by atoms with E-state index in [4.69, 9.17) is 0 Å². The number of nitrogens with zero attached hydrogens (tertiary/aromatic N) is 2. The summed E-state index contributed by atoms with van der Waals surface area (Å²) in [5.74, 6) is -2.97. The molecule has 5 fully saturated rings. The minimum atomic E-state index is -1.28. The molecule has 0 aromatic rings. The molecule has 2 heterocycles. The summed E-state index contributed by atoms with van der Waals surface area (Å²) < 4.78 is 0. The zero-order valence-electron chi connectivity index (χ0n) is 32.5. The van der Waals surface area contributed by atoms with E-state index < -0.39 is 69.4 Å². The predicted molar refractivity (Wildman–Crippen MR) is 190 cm³/mol. The molecular weight excluding hydrogens is 652 g/mol. The van der Waals surface area contributed by atoms with Crippen molar-refractivity contribution in [2.24, 2.45) is 39.4 Å². The third-order valence-corrected chi connectivity index (χ3v) is 12.2. The van der Waals surface area contributed by atoms with E-state index in [2.05, 4.69) is 35.1 Å². The number of hydrogen-bond acceptors (Lipinski definition) is 7. The molecule has 0 spiro atoms. The minimum absolute atomic E-state index is 0.00349. The number of ketones is 1. The molecule has 7 atom stereocenters. The maximum Gasteiger partial charge on any atom is 0.315 e. The van der Waals surface area contributed by atoms with Gasteiger partial charge in [0.1, 0.15) is 17.6 Å². The van der Waals surface area contributed by atoms with Gasteiger partial charge < -0.3 is 26.2 Å². The second kappa shape index (κ2) is 12.9. The second-order valence-corrected chi connectivity index (χ2v) is 19.5. The van der Waals surface area contributed by atoms with Crippen LogP contribution in [-0.4, -0.2) is 93.9 Å². The first-order chi connectivity index (χ1) is 23.3. The number of nitrogens with one attached hydrogen (secondary N) is 4. The SMILES string of the molecule is CC[C@H]1C[C@]1(NC(=O)[C@@H]1C2C(CN1C(=O)[C@@H](NC(=O)N[C@H](CN1C(=O)CC(C)(C)CC1=O)C(C)(C)C)C(C)(C)C)C2(C)C)C(=O)C(=O)NC1CC1. The standard InChI is InChI=1S/C38H60N6O7/c1-12-20-15-38(20,29(47)31(49)39-21-13-14-21)42-30(48)27-26-22(37(26,10)11)18-44(27)32(50)28(35(5,6)7)41-33(51)40-23(34(2,3)4)19-43-24(45)16-36(8,9)17-25(43)46/h20-23,26-28H,12-19H2,1-11H3,(H,39,49)(H,42,48)(H2,40,41,51)/t20-,22?,23+,26?,27-,28+,38+/m0/s1. The number of piperidine rings is 2. The molecule has 5 aliphatic rings. The van der Waals surface area contributed by atoms with E-state index in [9.17, 15) is 33.6 Å². The lowest BCUT2D eigenvalue weighted by molar-refractivity contribution is -0.153. The summed E-state index contributed by atoms with van der Waals surface area (Å²) in [5.41, 5.74) is -3.22. The van der Waals surface area contributed by atoms with Crippen molar-refractivity contribution in [3.05, 3.63) is 0 Å². The summed E-state index contributed by atoms with van der Waals surface area (Å²) in [6, 6.07) is -3.14. The zero-order valence-corrected chi connectivity index (χ0v) is 32.5. The van der Waals surface area contributed by atoms with E-state index in [1.54, 1.807) is 4.90 Å². The highest BCUT2D eigenvalue weighted by molar-refractivity contribution is 6.41. The molecule has 2 saturated heterocycles. The molecule has 5 rings (SSSR count). The van der Waals surface area contributed by atoms with Gasteiger partial charge in [0.2, 0.25) is 29.4 Å². The number of fused-ring (bicyclic) bond motifs is 1. The van der Waals surface area contributed by atoms with Crippen molar-refractivity contribution in [2.75, 3.05) is 13.1 Å². The Morgan fingerprint density at radius 3 is 1.96 bits per heavy atom. The number of carbonyl (C=O) groups is 7. The number of hydrogen-bond donors (Lipinski definition) is 4. The van der Waals surface area contributed by atoms with E-state index in [0.717, 1.165) is 12.8 Å². The molecule has 13 heteroatoms. The summed E-state index contributed by atoms with van der Waals surface area (Å²) >= 11 is 0. The fourth-order valence-corrected chi connectivity index (χ4v) is 8.38. The lowest BCUT2D eigenvalue weighted by Gasteiger charge is -2.41. The minimum Gasteiger partial charge on any atom is -0.347 e. The predicted octanol–water partition coefficient (Wildman–Crippen LogP) is 2.91. The molecular formula is C38H60N6O7. The van der Waals surface area contributed by atoms with Gasteiger partial charge >= 0.3 is 6.03 Å². The lowest BCUT2D eigenvalue weighted by atomic mass is 9.80. The summed E-state index contributed by atoms with van der Waals surface area (Å²) in [4.78, 5) is 97.5. The van der Waals surface area contributed by atoms with Crippen molar-refractivity contribution < 1.29 is 33.6 Å². The summed E-state index contributed by atoms with van der Waals surface area (Å²) in [6.07, 6.45) is 3.12. The van der Waals surface area contributed by atoms with Crippen LogP contribution in [0.25, 0.3) is 0 Å². The highest BCUT2D eigenvalue weighted by Crippen LogP contribution is 2.65. The Bertz CT molecular complexity index is 1480. The molecule has 3 saturated carbocycles. The topological polar surface area (TPSA) is 174 Å². The van der Waals surface area contributed by atoms with Gasteiger partial charge in [-0.05, 0) is 58.7 Å². The summed E-state index contributed by atoms with van der Waals surface area (Å²) in [6.45, 7) is 21.4.